The quantitative estimate of drug-likeness (QED) is 0.211. The first-order valence-corrected chi connectivity index (χ1v) is 9.11. The lowest BCUT2D eigenvalue weighted by molar-refractivity contribution is 0.197. The SMILES string of the molecule is CCNC(=NCCCOC)NCCS(=O)(=O)N(CC)CC.I. The second-order valence-corrected chi connectivity index (χ2v) is 6.52. The van der Waals surface area contributed by atoms with E-state index in [0.29, 0.717) is 38.7 Å². The highest BCUT2D eigenvalue weighted by molar-refractivity contribution is 14.0. The molecule has 134 valence electrons. The molecule has 0 aliphatic carbocycles. The van der Waals surface area contributed by atoms with Crippen LogP contribution < -0.4 is 10.6 Å². The van der Waals surface area contributed by atoms with E-state index in [1.807, 2.05) is 20.8 Å². The van der Waals surface area contributed by atoms with Crippen molar-refractivity contribution < 1.29 is 13.2 Å². The summed E-state index contributed by atoms with van der Waals surface area (Å²) < 4.78 is 30.5. The van der Waals surface area contributed by atoms with Gasteiger partial charge in [-0.3, -0.25) is 4.99 Å². The molecule has 0 amide bonds. The fourth-order valence-corrected chi connectivity index (χ4v) is 3.19. The topological polar surface area (TPSA) is 83.0 Å². The largest absolute Gasteiger partial charge is 0.385 e. The Kier molecular flexibility index (Phi) is 15.9. The van der Waals surface area contributed by atoms with E-state index >= 15 is 0 Å². The van der Waals surface area contributed by atoms with Crippen LogP contribution in [-0.4, -0.2) is 70.9 Å². The first kappa shape index (κ1) is 24.1. The molecule has 7 nitrogen and oxygen atoms in total. The van der Waals surface area contributed by atoms with E-state index in [-0.39, 0.29) is 29.7 Å². The van der Waals surface area contributed by atoms with Crippen LogP contribution in [0.25, 0.3) is 0 Å². The van der Waals surface area contributed by atoms with Crippen molar-refractivity contribution in [2.24, 2.45) is 4.99 Å². The van der Waals surface area contributed by atoms with Gasteiger partial charge < -0.3 is 15.4 Å². The maximum atomic E-state index is 12.0. The molecule has 0 rings (SSSR count). The highest BCUT2D eigenvalue weighted by Gasteiger charge is 2.18. The predicted octanol–water partition coefficient (Wildman–Crippen LogP) is 0.868. The van der Waals surface area contributed by atoms with Crippen molar-refractivity contribution >= 4 is 40.0 Å². The van der Waals surface area contributed by atoms with Crippen molar-refractivity contribution in [2.75, 3.05) is 52.2 Å². The van der Waals surface area contributed by atoms with Crippen LogP contribution in [0.2, 0.25) is 0 Å². The molecule has 0 aromatic heterocycles. The van der Waals surface area contributed by atoms with Crippen molar-refractivity contribution in [2.45, 2.75) is 27.2 Å². The minimum atomic E-state index is -3.19. The van der Waals surface area contributed by atoms with Crippen LogP contribution in [0, 0.1) is 0 Å². The van der Waals surface area contributed by atoms with Gasteiger partial charge in [-0.1, -0.05) is 13.8 Å². The van der Waals surface area contributed by atoms with Crippen LogP contribution in [0.1, 0.15) is 27.2 Å². The summed E-state index contributed by atoms with van der Waals surface area (Å²) in [7, 11) is -1.54. The summed E-state index contributed by atoms with van der Waals surface area (Å²) in [6.07, 6.45) is 0.838. The van der Waals surface area contributed by atoms with Gasteiger partial charge in [-0.15, -0.1) is 24.0 Å². The molecule has 2 N–H and O–H groups in total. The Hall–Kier alpha value is -0.130. The highest BCUT2D eigenvalue weighted by atomic mass is 127. The van der Waals surface area contributed by atoms with E-state index in [1.54, 1.807) is 7.11 Å². The summed E-state index contributed by atoms with van der Waals surface area (Å²) in [5.74, 6) is 0.709. The van der Waals surface area contributed by atoms with E-state index < -0.39 is 10.0 Å². The number of halogens is 1. The van der Waals surface area contributed by atoms with Gasteiger partial charge in [-0.2, -0.15) is 0 Å². The summed E-state index contributed by atoms with van der Waals surface area (Å²) in [5.41, 5.74) is 0. The van der Waals surface area contributed by atoms with Gasteiger partial charge in [0.2, 0.25) is 10.0 Å². The first-order valence-electron chi connectivity index (χ1n) is 7.50. The van der Waals surface area contributed by atoms with Crippen molar-refractivity contribution in [1.29, 1.82) is 0 Å². The molecule has 0 heterocycles. The number of ether oxygens (including phenoxy) is 1. The van der Waals surface area contributed by atoms with Crippen LogP contribution in [0.5, 0.6) is 0 Å². The van der Waals surface area contributed by atoms with Crippen molar-refractivity contribution in [3.05, 3.63) is 0 Å². The number of nitrogens with one attached hydrogen (secondary N) is 2. The smallest absolute Gasteiger partial charge is 0.215 e. The Morgan fingerprint density at radius 3 is 2.32 bits per heavy atom. The van der Waals surface area contributed by atoms with Crippen LogP contribution >= 0.6 is 24.0 Å². The van der Waals surface area contributed by atoms with Gasteiger partial charge in [0.25, 0.3) is 0 Å². The Labute approximate surface area is 152 Å². The maximum Gasteiger partial charge on any atom is 0.215 e. The van der Waals surface area contributed by atoms with Gasteiger partial charge in [-0.05, 0) is 13.3 Å². The Bertz CT molecular complexity index is 387. The number of aliphatic imine (C=N–C) groups is 1. The normalized spacial score (nSPS) is 12.1. The van der Waals surface area contributed by atoms with E-state index in [1.165, 1.54) is 4.31 Å². The van der Waals surface area contributed by atoms with Crippen LogP contribution in [0.3, 0.4) is 0 Å². The minimum Gasteiger partial charge on any atom is -0.385 e. The van der Waals surface area contributed by atoms with E-state index in [0.717, 1.165) is 13.0 Å². The lowest BCUT2D eigenvalue weighted by atomic mass is 10.5. The molecule has 22 heavy (non-hydrogen) atoms. The molecule has 9 heteroatoms. The summed E-state index contributed by atoms with van der Waals surface area (Å²) in [4.78, 5) is 4.36. The van der Waals surface area contributed by atoms with Crippen LogP contribution in [-0.2, 0) is 14.8 Å². The average molecular weight is 450 g/mol. The number of sulfonamides is 1. The average Bonchev–Trinajstić information content (AvgIpc) is 2.44. The zero-order valence-corrected chi connectivity index (χ0v) is 17.2. The number of rotatable bonds is 11. The molecule has 0 radical (unpaired) electrons. The third-order valence-electron chi connectivity index (χ3n) is 2.87. The van der Waals surface area contributed by atoms with Gasteiger partial charge in [-0.25, -0.2) is 12.7 Å². The molecule has 0 saturated heterocycles. The molecule has 0 saturated carbocycles. The van der Waals surface area contributed by atoms with Gasteiger partial charge >= 0.3 is 0 Å². The summed E-state index contributed by atoms with van der Waals surface area (Å²) in [6.45, 7) is 9.05. The van der Waals surface area contributed by atoms with E-state index in [9.17, 15) is 8.42 Å². The van der Waals surface area contributed by atoms with Crippen molar-refractivity contribution in [1.82, 2.24) is 14.9 Å². The first-order chi connectivity index (χ1) is 10.0. The van der Waals surface area contributed by atoms with Crippen molar-refractivity contribution in [3.63, 3.8) is 0 Å². The van der Waals surface area contributed by atoms with Gasteiger partial charge in [0.05, 0.1) is 5.75 Å². The van der Waals surface area contributed by atoms with E-state index in [4.69, 9.17) is 4.74 Å². The van der Waals surface area contributed by atoms with Gasteiger partial charge in [0, 0.05) is 46.4 Å². The van der Waals surface area contributed by atoms with Gasteiger partial charge in [0.1, 0.15) is 0 Å². The number of nitrogens with zero attached hydrogens (tertiary/aromatic N) is 2. The predicted molar refractivity (Wildman–Crippen MR) is 103 cm³/mol. The molecule has 0 spiro atoms. The summed E-state index contributed by atoms with van der Waals surface area (Å²) in [5, 5.41) is 6.14. The molecule has 0 fully saturated rings. The maximum absolute atomic E-state index is 12.0. The van der Waals surface area contributed by atoms with Crippen LogP contribution in [0.4, 0.5) is 0 Å². The number of hydrogen-bond donors (Lipinski definition) is 2. The summed E-state index contributed by atoms with van der Waals surface area (Å²) in [6, 6.07) is 0. The molecule has 0 bridgehead atoms. The van der Waals surface area contributed by atoms with E-state index in [2.05, 4.69) is 15.6 Å². The Morgan fingerprint density at radius 1 is 1.18 bits per heavy atom. The Balaban J connectivity index is 0. The van der Waals surface area contributed by atoms with Gasteiger partial charge in [0.15, 0.2) is 5.96 Å². The fourth-order valence-electron chi connectivity index (χ4n) is 1.79. The lowest BCUT2D eigenvalue weighted by Crippen LogP contribution is -2.42. The molecule has 0 aliphatic rings. The highest BCUT2D eigenvalue weighted by Crippen LogP contribution is 1.99. The zero-order valence-electron chi connectivity index (χ0n) is 14.1. The number of hydrogen-bond acceptors (Lipinski definition) is 4. The molecule has 0 atom stereocenters. The Morgan fingerprint density at radius 2 is 1.82 bits per heavy atom. The third-order valence-corrected chi connectivity index (χ3v) is 4.90. The minimum absolute atomic E-state index is 0. The standard InChI is InChI=1S/C13H30N4O3S.HI/c1-5-14-13(15-9-8-11-20-4)16-10-12-21(18,19)17(6-2)7-3;/h5-12H2,1-4H3,(H2,14,15,16);1H. The second-order valence-electron chi connectivity index (χ2n) is 4.43. The molecule has 0 unspecified atom stereocenters. The fraction of sp³-hybridized carbons (Fsp3) is 0.923. The monoisotopic (exact) mass is 450 g/mol. The molecule has 0 aromatic rings. The van der Waals surface area contributed by atoms with Crippen molar-refractivity contribution in [3.8, 4) is 0 Å². The number of guanidine groups is 1. The molecular formula is C13H31IN4O3S. The molecule has 0 aliphatic heterocycles. The number of methoxy groups -OCH3 is 1. The zero-order chi connectivity index (χ0) is 16.1. The molecule has 0 aromatic carbocycles. The second kappa shape index (κ2) is 14.5. The lowest BCUT2D eigenvalue weighted by Gasteiger charge is -2.19. The molecular weight excluding hydrogens is 419 g/mol. The van der Waals surface area contributed by atoms with Crippen LogP contribution in [0.15, 0.2) is 4.99 Å². The summed E-state index contributed by atoms with van der Waals surface area (Å²) >= 11 is 0. The third kappa shape index (κ3) is 10.6.